The molecule has 0 bridgehead atoms. The Morgan fingerprint density at radius 2 is 1.94 bits per heavy atom. The second-order valence-electron chi connectivity index (χ2n) is 3.63. The maximum Gasteiger partial charge on any atom is 0.367 e. The zero-order valence-corrected chi connectivity index (χ0v) is 12.8. The zero-order chi connectivity index (χ0) is 13.3. The normalized spacial score (nSPS) is 16.8. The summed E-state index contributed by atoms with van der Waals surface area (Å²) >= 11 is 6.81. The van der Waals surface area contributed by atoms with Crippen LogP contribution in [0.4, 0.5) is 0 Å². The lowest BCUT2D eigenvalue weighted by Crippen LogP contribution is -2.01. The Bertz CT molecular complexity index is 556. The number of rotatable bonds is 2. The van der Waals surface area contributed by atoms with Gasteiger partial charge in [-0.3, -0.25) is 0 Å². The molecule has 2 rings (SSSR count). The topological polar surface area (TPSA) is 47.9 Å². The van der Waals surface area contributed by atoms with Crippen molar-refractivity contribution in [1.29, 1.82) is 0 Å². The zero-order valence-electron chi connectivity index (χ0n) is 9.66. The van der Waals surface area contributed by atoms with Gasteiger partial charge in [0.2, 0.25) is 0 Å². The molecule has 0 spiro atoms. The summed E-state index contributed by atoms with van der Waals surface area (Å²) in [5.41, 5.74) is 1.87. The van der Waals surface area contributed by atoms with Crippen LogP contribution in [0.15, 0.2) is 31.8 Å². The summed E-state index contributed by atoms with van der Waals surface area (Å²) in [7, 11) is 1.59. The molecule has 0 fully saturated rings. The van der Waals surface area contributed by atoms with E-state index in [1.165, 1.54) is 0 Å². The Morgan fingerprint density at radius 1 is 1.33 bits per heavy atom. The van der Waals surface area contributed by atoms with E-state index < -0.39 is 5.97 Å². The van der Waals surface area contributed by atoms with Crippen LogP contribution in [0.3, 0.4) is 0 Å². The highest BCUT2D eigenvalue weighted by Crippen LogP contribution is 2.35. The predicted molar refractivity (Wildman–Crippen MR) is 75.6 cm³/mol. The lowest BCUT2D eigenvalue weighted by Gasteiger charge is -2.07. The number of halogens is 2. The standard InChI is InChI=1S/C12H9Br2NO3/c1-6-8(12(16)18-15-6)3-7-4-9(13)11(17-2)10(14)5-7/h3-5H,1-2H3/b8-3-. The van der Waals surface area contributed by atoms with Gasteiger partial charge in [0.15, 0.2) is 0 Å². The molecule has 1 heterocycles. The molecule has 1 aliphatic rings. The molecule has 4 nitrogen and oxygen atoms in total. The molecule has 0 aromatic heterocycles. The molecule has 1 aromatic rings. The fourth-order valence-electron chi connectivity index (χ4n) is 1.54. The number of ether oxygens (including phenoxy) is 1. The van der Waals surface area contributed by atoms with E-state index in [1.807, 2.05) is 12.1 Å². The number of carbonyl (C=O) groups excluding carboxylic acids is 1. The lowest BCUT2D eigenvalue weighted by atomic mass is 10.1. The van der Waals surface area contributed by atoms with E-state index in [-0.39, 0.29) is 0 Å². The Hall–Kier alpha value is -1.14. The van der Waals surface area contributed by atoms with Crippen molar-refractivity contribution in [3.05, 3.63) is 32.2 Å². The summed E-state index contributed by atoms with van der Waals surface area (Å²) in [6.45, 7) is 1.73. The van der Waals surface area contributed by atoms with Crippen molar-refractivity contribution < 1.29 is 14.4 Å². The largest absolute Gasteiger partial charge is 0.494 e. The maximum absolute atomic E-state index is 11.4. The number of carbonyl (C=O) groups is 1. The number of benzene rings is 1. The number of hydrogen-bond acceptors (Lipinski definition) is 4. The molecule has 6 heteroatoms. The van der Waals surface area contributed by atoms with Crippen LogP contribution < -0.4 is 4.74 Å². The SMILES string of the molecule is COc1c(Br)cc(/C=C2\C(=O)ON=C2C)cc1Br. The van der Waals surface area contributed by atoms with Crippen molar-refractivity contribution in [3.8, 4) is 5.75 Å². The van der Waals surface area contributed by atoms with Crippen LogP contribution in [0.2, 0.25) is 0 Å². The van der Waals surface area contributed by atoms with Gasteiger partial charge in [0, 0.05) is 0 Å². The fourth-order valence-corrected chi connectivity index (χ4v) is 3.09. The molecular weight excluding hydrogens is 366 g/mol. The van der Waals surface area contributed by atoms with E-state index in [4.69, 9.17) is 4.74 Å². The van der Waals surface area contributed by atoms with E-state index in [0.29, 0.717) is 17.0 Å². The number of methoxy groups -OCH3 is 1. The average Bonchev–Trinajstić information content (AvgIpc) is 2.60. The highest BCUT2D eigenvalue weighted by Gasteiger charge is 2.22. The third-order valence-electron chi connectivity index (χ3n) is 2.41. The van der Waals surface area contributed by atoms with Crippen LogP contribution in [-0.2, 0) is 9.63 Å². The molecule has 0 N–H and O–H groups in total. The summed E-state index contributed by atoms with van der Waals surface area (Å²) in [6.07, 6.45) is 1.73. The van der Waals surface area contributed by atoms with Gasteiger partial charge < -0.3 is 9.57 Å². The molecule has 1 aliphatic heterocycles. The first-order valence-electron chi connectivity index (χ1n) is 5.04. The van der Waals surface area contributed by atoms with Gasteiger partial charge in [-0.2, -0.15) is 0 Å². The fraction of sp³-hybridized carbons (Fsp3) is 0.167. The van der Waals surface area contributed by atoms with E-state index in [1.54, 1.807) is 20.1 Å². The minimum absolute atomic E-state index is 0.435. The van der Waals surface area contributed by atoms with Crippen molar-refractivity contribution in [2.45, 2.75) is 6.92 Å². The first-order chi connectivity index (χ1) is 8.52. The number of oxime groups is 1. The Morgan fingerprint density at radius 3 is 2.39 bits per heavy atom. The van der Waals surface area contributed by atoms with Gasteiger partial charge in [-0.15, -0.1) is 0 Å². The second-order valence-corrected chi connectivity index (χ2v) is 5.34. The van der Waals surface area contributed by atoms with Crippen LogP contribution >= 0.6 is 31.9 Å². The molecule has 0 saturated heterocycles. The van der Waals surface area contributed by atoms with E-state index in [0.717, 1.165) is 14.5 Å². The highest BCUT2D eigenvalue weighted by atomic mass is 79.9. The molecule has 0 amide bonds. The lowest BCUT2D eigenvalue weighted by molar-refractivity contribution is -0.136. The van der Waals surface area contributed by atoms with E-state index >= 15 is 0 Å². The van der Waals surface area contributed by atoms with Crippen LogP contribution in [0.1, 0.15) is 12.5 Å². The molecule has 0 saturated carbocycles. The summed E-state index contributed by atoms with van der Waals surface area (Å²) in [5.74, 6) is 0.270. The molecule has 1 aromatic carbocycles. The van der Waals surface area contributed by atoms with Crippen molar-refractivity contribution in [1.82, 2.24) is 0 Å². The second kappa shape index (κ2) is 5.24. The summed E-state index contributed by atoms with van der Waals surface area (Å²) in [5, 5.41) is 3.62. The molecule has 0 unspecified atom stereocenters. The van der Waals surface area contributed by atoms with Gasteiger partial charge in [0.1, 0.15) is 5.75 Å². The minimum Gasteiger partial charge on any atom is -0.494 e. The minimum atomic E-state index is -0.435. The van der Waals surface area contributed by atoms with Gasteiger partial charge in [0.05, 0.1) is 27.3 Å². The summed E-state index contributed by atoms with van der Waals surface area (Å²) in [4.78, 5) is 16.0. The van der Waals surface area contributed by atoms with Crippen LogP contribution in [0, 0.1) is 0 Å². The number of hydrogen-bond donors (Lipinski definition) is 0. The number of nitrogens with zero attached hydrogens (tertiary/aromatic N) is 1. The molecule has 94 valence electrons. The van der Waals surface area contributed by atoms with Gasteiger partial charge >= 0.3 is 5.97 Å². The van der Waals surface area contributed by atoms with Crippen molar-refractivity contribution in [2.24, 2.45) is 5.16 Å². The maximum atomic E-state index is 11.4. The Kier molecular flexibility index (Phi) is 3.87. The molecular formula is C12H9Br2NO3. The summed E-state index contributed by atoms with van der Waals surface area (Å²) in [6, 6.07) is 3.71. The van der Waals surface area contributed by atoms with Crippen LogP contribution in [0.25, 0.3) is 6.08 Å². The van der Waals surface area contributed by atoms with Crippen LogP contribution in [-0.4, -0.2) is 18.8 Å². The van der Waals surface area contributed by atoms with Crippen molar-refractivity contribution >= 4 is 49.6 Å². The van der Waals surface area contributed by atoms with Crippen molar-refractivity contribution in [3.63, 3.8) is 0 Å². The average molecular weight is 375 g/mol. The Balaban J connectivity index is 2.45. The first kappa shape index (κ1) is 13.3. The third kappa shape index (κ3) is 2.49. The van der Waals surface area contributed by atoms with Gasteiger partial charge in [-0.05, 0) is 62.6 Å². The third-order valence-corrected chi connectivity index (χ3v) is 3.59. The monoisotopic (exact) mass is 373 g/mol. The molecule has 0 aliphatic carbocycles. The van der Waals surface area contributed by atoms with Crippen molar-refractivity contribution in [2.75, 3.05) is 7.11 Å². The van der Waals surface area contributed by atoms with Gasteiger partial charge in [-0.1, -0.05) is 5.16 Å². The van der Waals surface area contributed by atoms with Crippen LogP contribution in [0.5, 0.6) is 5.75 Å². The van der Waals surface area contributed by atoms with E-state index in [2.05, 4.69) is 41.9 Å². The Labute approximate surface area is 121 Å². The predicted octanol–water partition coefficient (Wildman–Crippen LogP) is 3.54. The molecule has 0 atom stereocenters. The summed E-state index contributed by atoms with van der Waals surface area (Å²) < 4.78 is 6.81. The van der Waals surface area contributed by atoms with E-state index in [9.17, 15) is 4.79 Å². The first-order valence-corrected chi connectivity index (χ1v) is 6.62. The molecule has 18 heavy (non-hydrogen) atoms. The highest BCUT2D eigenvalue weighted by molar-refractivity contribution is 9.11. The van der Waals surface area contributed by atoms with Gasteiger partial charge in [0.25, 0.3) is 0 Å². The smallest absolute Gasteiger partial charge is 0.367 e. The quantitative estimate of drug-likeness (QED) is 0.587. The van der Waals surface area contributed by atoms with Gasteiger partial charge in [-0.25, -0.2) is 4.79 Å². The molecule has 0 radical (unpaired) electrons.